The molecule has 9 heteroatoms. The van der Waals surface area contributed by atoms with Gasteiger partial charge >= 0.3 is 0 Å². The van der Waals surface area contributed by atoms with Gasteiger partial charge < -0.3 is 14.8 Å². The summed E-state index contributed by atoms with van der Waals surface area (Å²) in [6, 6.07) is 7.26. The Kier molecular flexibility index (Phi) is 5.65. The number of anilines is 1. The molecule has 1 saturated heterocycles. The number of halogens is 1. The van der Waals surface area contributed by atoms with Gasteiger partial charge in [-0.2, -0.15) is 0 Å². The fraction of sp³-hybridized carbons (Fsp3) is 0.294. The van der Waals surface area contributed by atoms with Crippen molar-refractivity contribution in [1.29, 1.82) is 0 Å². The van der Waals surface area contributed by atoms with Crippen molar-refractivity contribution in [1.82, 2.24) is 4.98 Å². The van der Waals surface area contributed by atoms with E-state index in [1.165, 1.54) is 24.4 Å². The molecule has 0 atom stereocenters. The zero-order valence-corrected chi connectivity index (χ0v) is 14.4. The van der Waals surface area contributed by atoms with E-state index < -0.39 is 10.8 Å². The number of carbonyl (C=O) groups is 1. The highest BCUT2D eigenvalue weighted by molar-refractivity contribution is 6.32. The van der Waals surface area contributed by atoms with Crippen molar-refractivity contribution >= 4 is 28.9 Å². The second kappa shape index (κ2) is 8.11. The highest BCUT2D eigenvalue weighted by Gasteiger charge is 2.17. The minimum Gasteiger partial charge on any atom is -0.474 e. The van der Waals surface area contributed by atoms with Gasteiger partial charge in [0, 0.05) is 36.9 Å². The molecule has 0 saturated carbocycles. The second-order valence-corrected chi connectivity index (χ2v) is 6.10. The fourth-order valence-electron chi connectivity index (χ4n) is 2.48. The molecule has 1 aliphatic rings. The van der Waals surface area contributed by atoms with Gasteiger partial charge in [-0.05, 0) is 18.2 Å². The molecule has 0 radical (unpaired) electrons. The number of hydrogen-bond donors (Lipinski definition) is 1. The van der Waals surface area contributed by atoms with Gasteiger partial charge in [0.1, 0.15) is 11.1 Å². The second-order valence-electron chi connectivity index (χ2n) is 5.69. The quantitative estimate of drug-likeness (QED) is 0.632. The molecule has 1 aromatic heterocycles. The summed E-state index contributed by atoms with van der Waals surface area (Å²) in [4.78, 5) is 26.7. The first kappa shape index (κ1) is 18.1. The third kappa shape index (κ3) is 4.47. The molecule has 2 aromatic rings. The number of carbonyl (C=O) groups excluding carboxylic acids is 1. The van der Waals surface area contributed by atoms with Crippen LogP contribution in [0.1, 0.15) is 23.2 Å². The summed E-state index contributed by atoms with van der Waals surface area (Å²) in [5.74, 6) is 0.00215. The van der Waals surface area contributed by atoms with E-state index in [1.807, 2.05) is 0 Å². The van der Waals surface area contributed by atoms with Crippen LogP contribution < -0.4 is 10.1 Å². The fourth-order valence-corrected chi connectivity index (χ4v) is 2.67. The van der Waals surface area contributed by atoms with Crippen LogP contribution in [0.4, 0.5) is 11.4 Å². The van der Waals surface area contributed by atoms with Crippen LogP contribution in [-0.2, 0) is 4.74 Å². The summed E-state index contributed by atoms with van der Waals surface area (Å²) >= 11 is 5.76. The van der Waals surface area contributed by atoms with Gasteiger partial charge in [-0.15, -0.1) is 0 Å². The lowest BCUT2D eigenvalue weighted by atomic mass is 10.1. The molecule has 0 unspecified atom stereocenters. The number of benzene rings is 1. The Morgan fingerprint density at radius 3 is 2.73 bits per heavy atom. The van der Waals surface area contributed by atoms with Gasteiger partial charge in [-0.1, -0.05) is 11.6 Å². The van der Waals surface area contributed by atoms with Crippen molar-refractivity contribution in [3.8, 4) is 5.88 Å². The summed E-state index contributed by atoms with van der Waals surface area (Å²) < 4.78 is 11.0. The first-order chi connectivity index (χ1) is 12.5. The average Bonchev–Trinajstić information content (AvgIpc) is 2.64. The van der Waals surface area contributed by atoms with E-state index in [1.54, 1.807) is 12.1 Å². The standard InChI is InChI=1S/C17H16ClN3O5/c18-14-3-2-12(9-15(14)21(23)24)20-17(22)11-1-4-16(19-10-11)26-13-5-7-25-8-6-13/h1-4,9-10,13H,5-8H2,(H,20,22). The number of ether oxygens (including phenoxy) is 2. The summed E-state index contributed by atoms with van der Waals surface area (Å²) in [5, 5.41) is 13.5. The Bertz CT molecular complexity index is 807. The maximum Gasteiger partial charge on any atom is 0.289 e. The number of nitro benzene ring substituents is 1. The number of nitrogens with one attached hydrogen (secondary N) is 1. The lowest BCUT2D eigenvalue weighted by molar-refractivity contribution is -0.384. The predicted molar refractivity (Wildman–Crippen MR) is 94.8 cm³/mol. The molecule has 0 bridgehead atoms. The molecule has 26 heavy (non-hydrogen) atoms. The van der Waals surface area contributed by atoms with Crippen molar-refractivity contribution < 1.29 is 19.2 Å². The van der Waals surface area contributed by atoms with E-state index in [4.69, 9.17) is 21.1 Å². The van der Waals surface area contributed by atoms with Gasteiger partial charge in [0.15, 0.2) is 0 Å². The molecule has 1 amide bonds. The summed E-state index contributed by atoms with van der Waals surface area (Å²) in [6.45, 7) is 1.33. The zero-order chi connectivity index (χ0) is 18.5. The smallest absolute Gasteiger partial charge is 0.289 e. The highest BCUT2D eigenvalue weighted by atomic mass is 35.5. The van der Waals surface area contributed by atoms with Crippen LogP contribution in [0, 0.1) is 10.1 Å². The molecule has 1 N–H and O–H groups in total. The molecule has 136 valence electrons. The normalized spacial score (nSPS) is 14.7. The highest BCUT2D eigenvalue weighted by Crippen LogP contribution is 2.27. The molecular formula is C17H16ClN3O5. The van der Waals surface area contributed by atoms with E-state index in [0.717, 1.165) is 12.8 Å². The number of nitro groups is 1. The maximum atomic E-state index is 12.3. The Morgan fingerprint density at radius 1 is 1.31 bits per heavy atom. The largest absolute Gasteiger partial charge is 0.474 e. The summed E-state index contributed by atoms with van der Waals surface area (Å²) in [6.07, 6.45) is 3.07. The predicted octanol–water partition coefficient (Wildman–Crippen LogP) is 3.45. The monoisotopic (exact) mass is 377 g/mol. The molecule has 0 aliphatic carbocycles. The van der Waals surface area contributed by atoms with Gasteiger partial charge in [0.25, 0.3) is 11.6 Å². The lowest BCUT2D eigenvalue weighted by Gasteiger charge is -2.22. The first-order valence-electron chi connectivity index (χ1n) is 7.98. The summed E-state index contributed by atoms with van der Waals surface area (Å²) in [7, 11) is 0. The third-order valence-electron chi connectivity index (χ3n) is 3.85. The Hall–Kier alpha value is -2.71. The number of nitrogens with zero attached hydrogens (tertiary/aromatic N) is 2. The average molecular weight is 378 g/mol. The van der Waals surface area contributed by atoms with Gasteiger partial charge in [-0.3, -0.25) is 14.9 Å². The lowest BCUT2D eigenvalue weighted by Crippen LogP contribution is -2.26. The van der Waals surface area contributed by atoms with Crippen molar-refractivity contribution in [2.24, 2.45) is 0 Å². The van der Waals surface area contributed by atoms with Crippen LogP contribution in [0.5, 0.6) is 5.88 Å². The van der Waals surface area contributed by atoms with Crippen LogP contribution in [0.2, 0.25) is 5.02 Å². The van der Waals surface area contributed by atoms with Crippen molar-refractivity contribution in [2.45, 2.75) is 18.9 Å². The van der Waals surface area contributed by atoms with Crippen molar-refractivity contribution in [3.05, 3.63) is 57.2 Å². The van der Waals surface area contributed by atoms with E-state index in [9.17, 15) is 14.9 Å². The number of rotatable bonds is 5. The number of hydrogen-bond acceptors (Lipinski definition) is 6. The van der Waals surface area contributed by atoms with Crippen LogP contribution >= 0.6 is 11.6 Å². The van der Waals surface area contributed by atoms with Crippen LogP contribution in [0.3, 0.4) is 0 Å². The van der Waals surface area contributed by atoms with E-state index in [0.29, 0.717) is 24.7 Å². The van der Waals surface area contributed by atoms with Crippen LogP contribution in [0.15, 0.2) is 36.5 Å². The Morgan fingerprint density at radius 2 is 2.08 bits per heavy atom. The maximum absolute atomic E-state index is 12.3. The third-order valence-corrected chi connectivity index (χ3v) is 4.17. The molecule has 1 aliphatic heterocycles. The van der Waals surface area contributed by atoms with Gasteiger partial charge in [0.05, 0.1) is 23.7 Å². The Balaban J connectivity index is 1.64. The first-order valence-corrected chi connectivity index (χ1v) is 8.36. The molecule has 1 fully saturated rings. The van der Waals surface area contributed by atoms with E-state index >= 15 is 0 Å². The molecule has 3 rings (SSSR count). The molecule has 0 spiro atoms. The minimum absolute atomic E-state index is 0.00396. The van der Waals surface area contributed by atoms with Gasteiger partial charge in [-0.25, -0.2) is 4.98 Å². The van der Waals surface area contributed by atoms with Crippen LogP contribution in [-0.4, -0.2) is 35.1 Å². The number of aromatic nitrogens is 1. The van der Waals surface area contributed by atoms with Gasteiger partial charge in [0.2, 0.25) is 5.88 Å². The Labute approximate surface area is 154 Å². The number of pyridine rings is 1. The van der Waals surface area contributed by atoms with E-state index in [-0.39, 0.29) is 22.5 Å². The SMILES string of the molecule is O=C(Nc1ccc(Cl)c([N+](=O)[O-])c1)c1ccc(OC2CCOCC2)nc1. The summed E-state index contributed by atoms with van der Waals surface area (Å²) in [5.41, 5.74) is 0.304. The van der Waals surface area contributed by atoms with Crippen LogP contribution in [0.25, 0.3) is 0 Å². The topological polar surface area (TPSA) is 104 Å². The van der Waals surface area contributed by atoms with E-state index in [2.05, 4.69) is 10.3 Å². The molecule has 1 aromatic carbocycles. The molecule has 2 heterocycles. The minimum atomic E-state index is -0.609. The van der Waals surface area contributed by atoms with Crippen molar-refractivity contribution in [3.63, 3.8) is 0 Å². The number of amides is 1. The molecule has 8 nitrogen and oxygen atoms in total. The molecular weight excluding hydrogens is 362 g/mol. The zero-order valence-electron chi connectivity index (χ0n) is 13.7. The van der Waals surface area contributed by atoms with Crippen molar-refractivity contribution in [2.75, 3.05) is 18.5 Å².